The Morgan fingerprint density at radius 3 is 2.76 bits per heavy atom. The molecular formula is C16H25NO4. The molecule has 118 valence electrons. The van der Waals surface area contributed by atoms with Crippen molar-refractivity contribution < 1.29 is 19.3 Å². The van der Waals surface area contributed by atoms with Gasteiger partial charge in [0.1, 0.15) is 0 Å². The van der Waals surface area contributed by atoms with Crippen molar-refractivity contribution in [2.75, 3.05) is 26.5 Å². The molecule has 0 bridgehead atoms. The lowest BCUT2D eigenvalue weighted by Gasteiger charge is -2.24. The van der Waals surface area contributed by atoms with Gasteiger partial charge in [-0.2, -0.15) is 0 Å². The average molecular weight is 295 g/mol. The average Bonchev–Trinajstić information content (AvgIpc) is 2.92. The van der Waals surface area contributed by atoms with Gasteiger partial charge in [0.25, 0.3) is 0 Å². The van der Waals surface area contributed by atoms with Gasteiger partial charge in [-0.05, 0) is 38.1 Å². The summed E-state index contributed by atoms with van der Waals surface area (Å²) < 4.78 is 16.1. The highest BCUT2D eigenvalue weighted by Gasteiger charge is 2.16. The van der Waals surface area contributed by atoms with Crippen LogP contribution < -0.4 is 9.47 Å². The number of hydrogen-bond donors (Lipinski definition) is 1. The fourth-order valence-corrected chi connectivity index (χ4v) is 2.26. The predicted molar refractivity (Wildman–Crippen MR) is 80.6 cm³/mol. The Hall–Kier alpha value is -1.30. The van der Waals surface area contributed by atoms with Crippen molar-refractivity contribution >= 4 is 0 Å². The van der Waals surface area contributed by atoms with Gasteiger partial charge in [0.05, 0.1) is 18.8 Å². The molecule has 5 heteroatoms. The van der Waals surface area contributed by atoms with Crippen molar-refractivity contribution in [2.45, 2.75) is 39.5 Å². The second-order valence-corrected chi connectivity index (χ2v) is 5.55. The van der Waals surface area contributed by atoms with Crippen LogP contribution in [0.4, 0.5) is 0 Å². The first kappa shape index (κ1) is 16.1. The van der Waals surface area contributed by atoms with Crippen LogP contribution in [0.1, 0.15) is 26.3 Å². The molecule has 1 unspecified atom stereocenters. The molecule has 5 nitrogen and oxygen atoms in total. The van der Waals surface area contributed by atoms with Gasteiger partial charge in [-0.1, -0.05) is 13.0 Å². The van der Waals surface area contributed by atoms with E-state index in [0.29, 0.717) is 19.9 Å². The van der Waals surface area contributed by atoms with Crippen molar-refractivity contribution in [1.82, 2.24) is 4.90 Å². The molecule has 1 N–H and O–H groups in total. The van der Waals surface area contributed by atoms with Gasteiger partial charge in [0, 0.05) is 13.1 Å². The standard InChI is InChI=1S/C16H25NO4/c1-4-17(9-14(18)10-19-12(2)3)8-13-5-6-15-16(7-13)21-11-20-15/h5-7,12,14,18H,4,8-11H2,1-3H3. The van der Waals surface area contributed by atoms with Crippen molar-refractivity contribution in [3.8, 4) is 11.5 Å². The molecule has 0 amide bonds. The van der Waals surface area contributed by atoms with Crippen molar-refractivity contribution in [3.63, 3.8) is 0 Å². The number of aliphatic hydroxyl groups excluding tert-OH is 1. The summed E-state index contributed by atoms with van der Waals surface area (Å²) in [6, 6.07) is 5.97. The summed E-state index contributed by atoms with van der Waals surface area (Å²) >= 11 is 0. The van der Waals surface area contributed by atoms with E-state index in [1.165, 1.54) is 0 Å². The number of aliphatic hydroxyl groups is 1. The second kappa shape index (κ2) is 7.64. The van der Waals surface area contributed by atoms with Gasteiger partial charge < -0.3 is 19.3 Å². The first-order valence-corrected chi connectivity index (χ1v) is 7.49. The number of likely N-dealkylation sites (N-methyl/N-ethyl adjacent to an activating group) is 1. The van der Waals surface area contributed by atoms with E-state index in [0.717, 1.165) is 30.2 Å². The van der Waals surface area contributed by atoms with Gasteiger partial charge in [-0.25, -0.2) is 0 Å². The molecule has 1 atom stereocenters. The maximum atomic E-state index is 10.0. The maximum Gasteiger partial charge on any atom is 0.231 e. The maximum absolute atomic E-state index is 10.0. The van der Waals surface area contributed by atoms with E-state index < -0.39 is 6.10 Å². The Labute approximate surface area is 126 Å². The Morgan fingerprint density at radius 2 is 2.05 bits per heavy atom. The number of fused-ring (bicyclic) bond motifs is 1. The van der Waals surface area contributed by atoms with Crippen molar-refractivity contribution in [2.24, 2.45) is 0 Å². The Balaban J connectivity index is 1.87. The molecule has 1 heterocycles. The molecule has 0 radical (unpaired) electrons. The van der Waals surface area contributed by atoms with Crippen LogP contribution in [0, 0.1) is 0 Å². The van der Waals surface area contributed by atoms with Gasteiger partial charge in [-0.15, -0.1) is 0 Å². The third-order valence-electron chi connectivity index (χ3n) is 3.38. The normalized spacial score (nSPS) is 15.0. The molecule has 0 spiro atoms. The van der Waals surface area contributed by atoms with Gasteiger partial charge >= 0.3 is 0 Å². The summed E-state index contributed by atoms with van der Waals surface area (Å²) in [6.07, 6.45) is -0.329. The molecule has 1 aliphatic heterocycles. The molecule has 1 aromatic rings. The van der Waals surface area contributed by atoms with Crippen LogP contribution in [0.5, 0.6) is 11.5 Å². The largest absolute Gasteiger partial charge is 0.454 e. The molecule has 2 rings (SSSR count). The third-order valence-corrected chi connectivity index (χ3v) is 3.38. The van der Waals surface area contributed by atoms with E-state index in [1.54, 1.807) is 0 Å². The Kier molecular flexibility index (Phi) is 5.85. The van der Waals surface area contributed by atoms with Crippen LogP contribution in [-0.4, -0.2) is 48.7 Å². The van der Waals surface area contributed by atoms with E-state index in [9.17, 15) is 5.11 Å². The zero-order valence-corrected chi connectivity index (χ0v) is 13.0. The van der Waals surface area contributed by atoms with Crippen molar-refractivity contribution in [1.29, 1.82) is 0 Å². The lowest BCUT2D eigenvalue weighted by Crippen LogP contribution is -2.35. The van der Waals surface area contributed by atoms with Gasteiger partial charge in [0.15, 0.2) is 11.5 Å². The van der Waals surface area contributed by atoms with Crippen LogP contribution in [0.15, 0.2) is 18.2 Å². The lowest BCUT2D eigenvalue weighted by molar-refractivity contribution is -0.00886. The van der Waals surface area contributed by atoms with Crippen LogP contribution in [0.3, 0.4) is 0 Å². The van der Waals surface area contributed by atoms with Crippen LogP contribution in [0.25, 0.3) is 0 Å². The third kappa shape index (κ3) is 4.88. The minimum absolute atomic E-state index is 0.142. The molecule has 0 saturated carbocycles. The zero-order valence-electron chi connectivity index (χ0n) is 13.0. The van der Waals surface area contributed by atoms with Crippen LogP contribution >= 0.6 is 0 Å². The van der Waals surface area contributed by atoms with E-state index in [-0.39, 0.29) is 6.10 Å². The fourth-order valence-electron chi connectivity index (χ4n) is 2.26. The number of hydrogen-bond acceptors (Lipinski definition) is 5. The first-order valence-electron chi connectivity index (χ1n) is 7.49. The molecule has 21 heavy (non-hydrogen) atoms. The Bertz CT molecular complexity index is 450. The van der Waals surface area contributed by atoms with E-state index >= 15 is 0 Å². The zero-order chi connectivity index (χ0) is 15.2. The fraction of sp³-hybridized carbons (Fsp3) is 0.625. The lowest BCUT2D eigenvalue weighted by atomic mass is 10.2. The topological polar surface area (TPSA) is 51.2 Å². The van der Waals surface area contributed by atoms with Gasteiger partial charge in [0.2, 0.25) is 6.79 Å². The highest BCUT2D eigenvalue weighted by Crippen LogP contribution is 2.32. The molecule has 1 aromatic carbocycles. The summed E-state index contributed by atoms with van der Waals surface area (Å²) in [6.45, 7) is 8.92. The summed E-state index contributed by atoms with van der Waals surface area (Å²) in [4.78, 5) is 2.19. The smallest absolute Gasteiger partial charge is 0.231 e. The van der Waals surface area contributed by atoms with Crippen molar-refractivity contribution in [3.05, 3.63) is 23.8 Å². The summed E-state index contributed by atoms with van der Waals surface area (Å²) in [5.41, 5.74) is 1.15. The molecule has 0 aromatic heterocycles. The number of ether oxygens (including phenoxy) is 3. The minimum Gasteiger partial charge on any atom is -0.454 e. The van der Waals surface area contributed by atoms with E-state index in [1.807, 2.05) is 32.0 Å². The number of nitrogens with zero attached hydrogens (tertiary/aromatic N) is 1. The second-order valence-electron chi connectivity index (χ2n) is 5.55. The monoisotopic (exact) mass is 295 g/mol. The van der Waals surface area contributed by atoms with E-state index in [2.05, 4.69) is 11.8 Å². The van der Waals surface area contributed by atoms with E-state index in [4.69, 9.17) is 14.2 Å². The first-order chi connectivity index (χ1) is 10.1. The highest BCUT2D eigenvalue weighted by molar-refractivity contribution is 5.44. The minimum atomic E-state index is -0.471. The summed E-state index contributed by atoms with van der Waals surface area (Å²) in [5, 5.41) is 10.0. The highest BCUT2D eigenvalue weighted by atomic mass is 16.7. The van der Waals surface area contributed by atoms with Gasteiger partial charge in [-0.3, -0.25) is 4.90 Å². The summed E-state index contributed by atoms with van der Waals surface area (Å²) in [5.74, 6) is 1.60. The quantitative estimate of drug-likeness (QED) is 0.795. The number of rotatable bonds is 8. The molecule has 0 saturated heterocycles. The number of benzene rings is 1. The SMILES string of the molecule is CCN(Cc1ccc2c(c1)OCO2)CC(O)COC(C)C. The molecular weight excluding hydrogens is 270 g/mol. The molecule has 0 fully saturated rings. The van der Waals surface area contributed by atoms with Crippen LogP contribution in [0.2, 0.25) is 0 Å². The van der Waals surface area contributed by atoms with Crippen LogP contribution in [-0.2, 0) is 11.3 Å². The predicted octanol–water partition coefficient (Wildman–Crippen LogP) is 2.02. The Morgan fingerprint density at radius 1 is 1.29 bits per heavy atom. The molecule has 1 aliphatic rings. The molecule has 0 aliphatic carbocycles. The summed E-state index contributed by atoms with van der Waals surface area (Å²) in [7, 11) is 0.